The molecular formula is C14H18BrN3O. The topological polar surface area (TPSA) is 42.2 Å². The van der Waals surface area contributed by atoms with Crippen molar-refractivity contribution in [3.63, 3.8) is 0 Å². The Morgan fingerprint density at radius 3 is 2.74 bits per heavy atom. The lowest BCUT2D eigenvalue weighted by Gasteiger charge is -2.17. The van der Waals surface area contributed by atoms with Gasteiger partial charge in [-0.15, -0.1) is 0 Å². The van der Waals surface area contributed by atoms with Crippen LogP contribution in [0.15, 0.2) is 27.2 Å². The van der Waals surface area contributed by atoms with E-state index in [-0.39, 0.29) is 0 Å². The number of rotatable bonds is 5. The van der Waals surface area contributed by atoms with Crippen LogP contribution in [0.3, 0.4) is 0 Å². The van der Waals surface area contributed by atoms with Crippen molar-refractivity contribution in [2.75, 3.05) is 11.9 Å². The van der Waals surface area contributed by atoms with Crippen LogP contribution in [-0.4, -0.2) is 17.0 Å². The second-order valence-corrected chi connectivity index (χ2v) is 5.40. The molecule has 0 aliphatic rings. The molecule has 0 atom stereocenters. The van der Waals surface area contributed by atoms with Gasteiger partial charge in [-0.05, 0) is 41.4 Å². The highest BCUT2D eigenvalue weighted by Gasteiger charge is 2.09. The fourth-order valence-corrected chi connectivity index (χ4v) is 2.28. The molecule has 0 aliphatic heterocycles. The molecule has 0 aliphatic carbocycles. The zero-order valence-electron chi connectivity index (χ0n) is 11.5. The normalized spacial score (nSPS) is 10.7. The molecule has 0 saturated carbocycles. The molecule has 0 bridgehead atoms. The summed E-state index contributed by atoms with van der Waals surface area (Å²) in [6.07, 6.45) is 1.93. The molecule has 4 nitrogen and oxygen atoms in total. The van der Waals surface area contributed by atoms with Crippen molar-refractivity contribution in [3.05, 3.63) is 40.1 Å². The monoisotopic (exact) mass is 323 g/mol. The van der Waals surface area contributed by atoms with Crippen LogP contribution in [0, 0.1) is 6.92 Å². The van der Waals surface area contributed by atoms with Crippen LogP contribution < -0.4 is 4.90 Å². The Morgan fingerprint density at radius 1 is 1.32 bits per heavy atom. The highest BCUT2D eigenvalue weighted by atomic mass is 79.9. The Labute approximate surface area is 122 Å². The van der Waals surface area contributed by atoms with Gasteiger partial charge in [-0.25, -0.2) is 9.97 Å². The maximum absolute atomic E-state index is 5.59. The van der Waals surface area contributed by atoms with Crippen LogP contribution in [0.4, 0.5) is 5.82 Å². The van der Waals surface area contributed by atoms with E-state index in [4.69, 9.17) is 4.42 Å². The van der Waals surface area contributed by atoms with Gasteiger partial charge >= 0.3 is 0 Å². The molecule has 0 aromatic carbocycles. The van der Waals surface area contributed by atoms with E-state index in [9.17, 15) is 0 Å². The predicted octanol–water partition coefficient (Wildman–Crippen LogP) is 3.73. The molecule has 0 unspecified atom stereocenters. The number of anilines is 1. The number of halogens is 1. The van der Waals surface area contributed by atoms with Gasteiger partial charge in [0.25, 0.3) is 0 Å². The van der Waals surface area contributed by atoms with Crippen molar-refractivity contribution in [2.45, 2.75) is 33.2 Å². The summed E-state index contributed by atoms with van der Waals surface area (Å²) in [6, 6.07) is 5.89. The van der Waals surface area contributed by atoms with E-state index < -0.39 is 0 Å². The molecule has 2 aromatic heterocycles. The van der Waals surface area contributed by atoms with Gasteiger partial charge in [0, 0.05) is 19.5 Å². The van der Waals surface area contributed by atoms with Crippen LogP contribution in [0.2, 0.25) is 0 Å². The van der Waals surface area contributed by atoms with E-state index in [1.165, 1.54) is 0 Å². The summed E-state index contributed by atoms with van der Waals surface area (Å²) in [5.41, 5.74) is 0. The lowest BCUT2D eigenvalue weighted by atomic mass is 10.3. The smallest absolute Gasteiger partial charge is 0.133 e. The third kappa shape index (κ3) is 3.80. The Morgan fingerprint density at radius 2 is 2.11 bits per heavy atom. The van der Waals surface area contributed by atoms with Gasteiger partial charge in [-0.2, -0.15) is 0 Å². The predicted molar refractivity (Wildman–Crippen MR) is 79.3 cm³/mol. The minimum atomic E-state index is 0.697. The van der Waals surface area contributed by atoms with E-state index in [2.05, 4.69) is 37.7 Å². The Balaban J connectivity index is 2.15. The van der Waals surface area contributed by atoms with Gasteiger partial charge in [0.15, 0.2) is 0 Å². The van der Waals surface area contributed by atoms with Crippen LogP contribution in [0.1, 0.15) is 30.7 Å². The Hall–Kier alpha value is -1.36. The fraction of sp³-hybridized carbons (Fsp3) is 0.429. The van der Waals surface area contributed by atoms with Crippen molar-refractivity contribution in [1.82, 2.24) is 9.97 Å². The summed E-state index contributed by atoms with van der Waals surface area (Å²) in [5, 5.41) is 0. The molecule has 0 radical (unpaired) electrons. The second-order valence-electron chi connectivity index (χ2n) is 4.58. The molecule has 5 heteroatoms. The van der Waals surface area contributed by atoms with Crippen molar-refractivity contribution in [1.29, 1.82) is 0 Å². The fourth-order valence-electron chi connectivity index (χ4n) is 1.87. The molecule has 0 amide bonds. The van der Waals surface area contributed by atoms with Crippen LogP contribution in [-0.2, 0) is 13.0 Å². The molecule has 0 saturated heterocycles. The number of aromatic nitrogens is 2. The molecule has 0 spiro atoms. The van der Waals surface area contributed by atoms with Gasteiger partial charge in [0.05, 0.1) is 6.54 Å². The summed E-state index contributed by atoms with van der Waals surface area (Å²) >= 11 is 3.44. The zero-order valence-corrected chi connectivity index (χ0v) is 13.1. The number of furan rings is 1. The average Bonchev–Trinajstić information content (AvgIpc) is 2.74. The molecule has 2 heterocycles. The number of hydrogen-bond donors (Lipinski definition) is 0. The third-order valence-electron chi connectivity index (χ3n) is 2.78. The first-order valence-corrected chi connectivity index (χ1v) is 7.17. The number of aryl methyl sites for hydroxylation is 2. The average molecular weight is 324 g/mol. The zero-order chi connectivity index (χ0) is 13.8. The van der Waals surface area contributed by atoms with Crippen molar-refractivity contribution < 1.29 is 4.42 Å². The molecular weight excluding hydrogens is 306 g/mol. The van der Waals surface area contributed by atoms with E-state index in [0.717, 1.165) is 40.6 Å². The maximum atomic E-state index is 5.59. The first-order chi connectivity index (χ1) is 9.08. The summed E-state index contributed by atoms with van der Waals surface area (Å²) in [5.74, 6) is 3.64. The highest BCUT2D eigenvalue weighted by Crippen LogP contribution is 2.19. The van der Waals surface area contributed by atoms with E-state index in [0.29, 0.717) is 6.54 Å². The SMILES string of the molecule is CCCc1nc(Br)cc(N(C)Cc2ccc(C)o2)n1. The third-order valence-corrected chi connectivity index (χ3v) is 3.19. The van der Waals surface area contributed by atoms with Crippen LogP contribution in [0.25, 0.3) is 0 Å². The summed E-state index contributed by atoms with van der Waals surface area (Å²) < 4.78 is 6.41. The van der Waals surface area contributed by atoms with Crippen molar-refractivity contribution in [2.24, 2.45) is 0 Å². The molecule has 0 N–H and O–H groups in total. The van der Waals surface area contributed by atoms with Gasteiger partial charge in [0.2, 0.25) is 0 Å². The van der Waals surface area contributed by atoms with Crippen molar-refractivity contribution >= 4 is 21.7 Å². The first-order valence-electron chi connectivity index (χ1n) is 6.38. The molecule has 0 fully saturated rings. The Kier molecular flexibility index (Phi) is 4.58. The van der Waals surface area contributed by atoms with Crippen LogP contribution >= 0.6 is 15.9 Å². The van der Waals surface area contributed by atoms with Gasteiger partial charge < -0.3 is 9.32 Å². The standard InChI is InChI=1S/C14H18BrN3O/c1-4-5-13-16-12(15)8-14(17-13)18(3)9-11-7-6-10(2)19-11/h6-8H,4-5,9H2,1-3H3. The second kappa shape index (κ2) is 6.19. The van der Waals surface area contributed by atoms with Gasteiger partial charge in [-0.1, -0.05) is 6.92 Å². The number of nitrogens with zero attached hydrogens (tertiary/aromatic N) is 3. The molecule has 19 heavy (non-hydrogen) atoms. The Bertz CT molecular complexity index is 553. The molecule has 2 rings (SSSR count). The molecule has 2 aromatic rings. The summed E-state index contributed by atoms with van der Waals surface area (Å²) in [7, 11) is 2.00. The van der Waals surface area contributed by atoms with E-state index in [1.807, 2.05) is 32.2 Å². The summed E-state index contributed by atoms with van der Waals surface area (Å²) in [6.45, 7) is 4.77. The molecule has 102 valence electrons. The lowest BCUT2D eigenvalue weighted by Crippen LogP contribution is -2.18. The van der Waals surface area contributed by atoms with Crippen molar-refractivity contribution in [3.8, 4) is 0 Å². The minimum absolute atomic E-state index is 0.697. The quantitative estimate of drug-likeness (QED) is 0.786. The van der Waals surface area contributed by atoms with Gasteiger partial charge in [-0.3, -0.25) is 0 Å². The minimum Gasteiger partial charge on any atom is -0.464 e. The summed E-state index contributed by atoms with van der Waals surface area (Å²) in [4.78, 5) is 11.0. The van der Waals surface area contributed by atoms with E-state index in [1.54, 1.807) is 0 Å². The largest absolute Gasteiger partial charge is 0.464 e. The highest BCUT2D eigenvalue weighted by molar-refractivity contribution is 9.10. The van der Waals surface area contributed by atoms with E-state index >= 15 is 0 Å². The lowest BCUT2D eigenvalue weighted by molar-refractivity contribution is 0.481. The maximum Gasteiger partial charge on any atom is 0.133 e. The van der Waals surface area contributed by atoms with Gasteiger partial charge in [0.1, 0.15) is 27.8 Å². The van der Waals surface area contributed by atoms with Crippen LogP contribution in [0.5, 0.6) is 0 Å². The number of hydrogen-bond acceptors (Lipinski definition) is 4. The first kappa shape index (κ1) is 14.1.